The van der Waals surface area contributed by atoms with Crippen molar-refractivity contribution in [2.75, 3.05) is 33.1 Å². The van der Waals surface area contributed by atoms with Crippen molar-refractivity contribution in [2.45, 2.75) is 6.04 Å². The molecular formula is C16H19Cl2N3O3. The highest BCUT2D eigenvalue weighted by atomic mass is 35.5. The van der Waals surface area contributed by atoms with Crippen LogP contribution in [-0.4, -0.2) is 38.7 Å². The number of hydrogen-bond donors (Lipinski definition) is 2. The Morgan fingerprint density at radius 3 is 2.50 bits per heavy atom. The smallest absolute Gasteiger partial charge is 0.319 e. The van der Waals surface area contributed by atoms with Gasteiger partial charge in [-0.3, -0.25) is 4.90 Å². The van der Waals surface area contributed by atoms with Gasteiger partial charge in [-0.25, -0.2) is 4.79 Å². The van der Waals surface area contributed by atoms with Gasteiger partial charge in [0.2, 0.25) is 0 Å². The summed E-state index contributed by atoms with van der Waals surface area (Å²) in [4.78, 5) is 14.1. The summed E-state index contributed by atoms with van der Waals surface area (Å²) in [5.41, 5.74) is 0.475. The zero-order chi connectivity index (χ0) is 17.7. The highest BCUT2D eigenvalue weighted by Crippen LogP contribution is 2.35. The first-order valence-electron chi connectivity index (χ1n) is 7.20. The molecule has 1 atom stereocenters. The summed E-state index contributed by atoms with van der Waals surface area (Å²) in [7, 11) is 5.30. The quantitative estimate of drug-likeness (QED) is 0.804. The van der Waals surface area contributed by atoms with Gasteiger partial charge in [-0.15, -0.1) is 0 Å². The predicted molar refractivity (Wildman–Crippen MR) is 95.2 cm³/mol. The predicted octanol–water partition coefficient (Wildman–Crippen LogP) is 4.02. The van der Waals surface area contributed by atoms with E-state index in [0.717, 1.165) is 5.76 Å². The minimum atomic E-state index is -0.370. The molecule has 0 radical (unpaired) electrons. The van der Waals surface area contributed by atoms with Gasteiger partial charge in [0.1, 0.15) is 5.76 Å². The van der Waals surface area contributed by atoms with Gasteiger partial charge in [0.25, 0.3) is 0 Å². The fourth-order valence-corrected chi connectivity index (χ4v) is 2.85. The van der Waals surface area contributed by atoms with Crippen molar-refractivity contribution in [1.82, 2.24) is 10.2 Å². The van der Waals surface area contributed by atoms with Crippen molar-refractivity contribution in [3.8, 4) is 5.75 Å². The van der Waals surface area contributed by atoms with E-state index in [1.807, 2.05) is 31.1 Å². The number of furan rings is 1. The van der Waals surface area contributed by atoms with Crippen LogP contribution in [0.15, 0.2) is 34.9 Å². The Labute approximate surface area is 150 Å². The minimum Gasteiger partial charge on any atom is -0.494 e. The average Bonchev–Trinajstić information content (AvgIpc) is 3.00. The van der Waals surface area contributed by atoms with Crippen molar-refractivity contribution < 1.29 is 13.9 Å². The molecule has 0 bridgehead atoms. The van der Waals surface area contributed by atoms with Crippen molar-refractivity contribution in [2.24, 2.45) is 0 Å². The van der Waals surface area contributed by atoms with Crippen LogP contribution in [0.3, 0.4) is 0 Å². The van der Waals surface area contributed by atoms with Crippen molar-refractivity contribution in [1.29, 1.82) is 0 Å². The summed E-state index contributed by atoms with van der Waals surface area (Å²) in [6.07, 6.45) is 1.60. The van der Waals surface area contributed by atoms with Crippen LogP contribution >= 0.6 is 23.2 Å². The van der Waals surface area contributed by atoms with Crippen LogP contribution in [0.25, 0.3) is 0 Å². The molecule has 130 valence electrons. The minimum absolute atomic E-state index is 0.0752. The van der Waals surface area contributed by atoms with Crippen LogP contribution in [0.2, 0.25) is 10.0 Å². The average molecular weight is 372 g/mol. The van der Waals surface area contributed by atoms with E-state index in [2.05, 4.69) is 10.6 Å². The first-order valence-corrected chi connectivity index (χ1v) is 7.95. The zero-order valence-electron chi connectivity index (χ0n) is 13.6. The number of ether oxygens (including phenoxy) is 1. The van der Waals surface area contributed by atoms with Gasteiger partial charge in [-0.1, -0.05) is 23.2 Å². The third-order valence-electron chi connectivity index (χ3n) is 3.41. The number of hydrogen-bond acceptors (Lipinski definition) is 4. The maximum atomic E-state index is 12.1. The highest BCUT2D eigenvalue weighted by Gasteiger charge is 2.18. The summed E-state index contributed by atoms with van der Waals surface area (Å²) in [6, 6.07) is 6.38. The summed E-state index contributed by atoms with van der Waals surface area (Å²) >= 11 is 12.1. The van der Waals surface area contributed by atoms with Gasteiger partial charge in [-0.2, -0.15) is 0 Å². The second kappa shape index (κ2) is 8.28. The van der Waals surface area contributed by atoms with Gasteiger partial charge in [0, 0.05) is 12.2 Å². The van der Waals surface area contributed by atoms with Crippen molar-refractivity contribution in [3.63, 3.8) is 0 Å². The summed E-state index contributed by atoms with van der Waals surface area (Å²) < 4.78 is 10.5. The van der Waals surface area contributed by atoms with Crippen LogP contribution in [0.4, 0.5) is 10.5 Å². The number of halogens is 2. The number of methoxy groups -OCH3 is 1. The Balaban J connectivity index is 1.98. The molecule has 0 aliphatic rings. The zero-order valence-corrected chi connectivity index (χ0v) is 15.1. The van der Waals surface area contributed by atoms with E-state index < -0.39 is 0 Å². The molecule has 2 N–H and O–H groups in total. The van der Waals surface area contributed by atoms with Gasteiger partial charge >= 0.3 is 6.03 Å². The third kappa shape index (κ3) is 4.56. The van der Waals surface area contributed by atoms with Crippen LogP contribution in [0, 0.1) is 0 Å². The molecule has 0 fully saturated rings. The van der Waals surface area contributed by atoms with E-state index >= 15 is 0 Å². The highest BCUT2D eigenvalue weighted by molar-refractivity contribution is 6.37. The number of urea groups is 1. The molecular weight excluding hydrogens is 353 g/mol. The van der Waals surface area contributed by atoms with Gasteiger partial charge in [-0.05, 0) is 38.4 Å². The van der Waals surface area contributed by atoms with E-state index in [0.29, 0.717) is 28.0 Å². The summed E-state index contributed by atoms with van der Waals surface area (Å²) in [6.45, 7) is 0.379. The number of nitrogens with one attached hydrogen (secondary N) is 2. The molecule has 1 heterocycles. The molecule has 1 aromatic heterocycles. The van der Waals surface area contributed by atoms with Crippen LogP contribution in [0.5, 0.6) is 5.75 Å². The maximum absolute atomic E-state index is 12.1. The lowest BCUT2D eigenvalue weighted by Gasteiger charge is -2.22. The van der Waals surface area contributed by atoms with Crippen LogP contribution in [0.1, 0.15) is 11.8 Å². The Hall–Kier alpha value is -1.89. The van der Waals surface area contributed by atoms with Crippen LogP contribution in [-0.2, 0) is 0 Å². The van der Waals surface area contributed by atoms with E-state index in [1.165, 1.54) is 7.11 Å². The first kappa shape index (κ1) is 18.4. The molecule has 1 unspecified atom stereocenters. The Morgan fingerprint density at radius 1 is 1.33 bits per heavy atom. The lowest BCUT2D eigenvalue weighted by molar-refractivity contribution is 0.233. The van der Waals surface area contributed by atoms with E-state index in [1.54, 1.807) is 18.4 Å². The fraction of sp³-hybridized carbons (Fsp3) is 0.312. The van der Waals surface area contributed by atoms with Crippen molar-refractivity contribution in [3.05, 3.63) is 46.3 Å². The molecule has 24 heavy (non-hydrogen) atoms. The second-order valence-electron chi connectivity index (χ2n) is 5.30. The van der Waals surface area contributed by atoms with Crippen molar-refractivity contribution >= 4 is 34.9 Å². The molecule has 2 amide bonds. The molecule has 2 aromatic rings. The normalized spacial score (nSPS) is 12.1. The maximum Gasteiger partial charge on any atom is 0.319 e. The number of carbonyl (C=O) groups excluding carboxylic acids is 1. The number of likely N-dealkylation sites (N-methyl/N-ethyl adjacent to an activating group) is 1. The van der Waals surface area contributed by atoms with Gasteiger partial charge < -0.3 is 19.8 Å². The molecule has 6 nitrogen and oxygen atoms in total. The number of nitrogens with zero attached hydrogens (tertiary/aromatic N) is 1. The molecule has 0 saturated heterocycles. The molecule has 8 heteroatoms. The molecule has 0 aliphatic heterocycles. The number of rotatable bonds is 6. The number of benzene rings is 1. The monoisotopic (exact) mass is 371 g/mol. The fourth-order valence-electron chi connectivity index (χ4n) is 2.21. The Kier molecular flexibility index (Phi) is 6.36. The molecule has 0 saturated carbocycles. The SMILES string of the molecule is COc1c(Cl)cc(NC(=O)NCC(c2ccco2)N(C)C)cc1Cl. The Morgan fingerprint density at radius 2 is 2.00 bits per heavy atom. The van der Waals surface area contributed by atoms with E-state index in [-0.39, 0.29) is 12.1 Å². The van der Waals surface area contributed by atoms with Gasteiger partial charge in [0.05, 0.1) is 29.5 Å². The molecule has 0 spiro atoms. The lowest BCUT2D eigenvalue weighted by atomic mass is 10.2. The van der Waals surface area contributed by atoms with Gasteiger partial charge in [0.15, 0.2) is 5.75 Å². The molecule has 1 aromatic carbocycles. The largest absolute Gasteiger partial charge is 0.494 e. The standard InChI is InChI=1S/C16H19Cl2N3O3/c1-21(2)13(14-5-4-6-24-14)9-19-16(22)20-10-7-11(17)15(23-3)12(18)8-10/h4-8,13H,9H2,1-3H3,(H2,19,20,22). The first-order chi connectivity index (χ1) is 11.4. The topological polar surface area (TPSA) is 66.7 Å². The summed E-state index contributed by atoms with van der Waals surface area (Å²) in [5.74, 6) is 1.14. The third-order valence-corrected chi connectivity index (χ3v) is 3.97. The lowest BCUT2D eigenvalue weighted by Crippen LogP contribution is -2.36. The Bertz CT molecular complexity index is 667. The number of carbonyl (C=O) groups is 1. The van der Waals surface area contributed by atoms with E-state index in [4.69, 9.17) is 32.4 Å². The molecule has 0 aliphatic carbocycles. The molecule has 2 rings (SSSR count). The number of anilines is 1. The summed E-state index contributed by atoms with van der Waals surface area (Å²) in [5, 5.41) is 6.13. The van der Waals surface area contributed by atoms with Crippen LogP contribution < -0.4 is 15.4 Å². The second-order valence-corrected chi connectivity index (χ2v) is 6.12. The van der Waals surface area contributed by atoms with E-state index in [9.17, 15) is 4.79 Å². The number of amides is 2.